The molecule has 2 rings (SSSR count). The summed E-state index contributed by atoms with van der Waals surface area (Å²) in [5, 5.41) is 4.23. The van der Waals surface area contributed by atoms with E-state index in [2.05, 4.69) is 27.7 Å². The Labute approximate surface area is 102 Å². The van der Waals surface area contributed by atoms with Gasteiger partial charge in [0.25, 0.3) is 0 Å². The maximum atomic E-state index is 5.37. The molecule has 0 atom stereocenters. The van der Waals surface area contributed by atoms with E-state index in [0.29, 0.717) is 6.61 Å². The fraction of sp³-hybridized carbons (Fsp3) is 0.182. The Bertz CT molecular complexity index is 436. The third-order valence-electron chi connectivity index (χ3n) is 1.96. The van der Waals surface area contributed by atoms with Crippen molar-refractivity contribution in [3.63, 3.8) is 0 Å². The van der Waals surface area contributed by atoms with Crippen LogP contribution in [0.4, 0.5) is 0 Å². The summed E-state index contributed by atoms with van der Waals surface area (Å²) in [5.74, 6) is 0.892. The van der Waals surface area contributed by atoms with Gasteiger partial charge in [0.2, 0.25) is 0 Å². The minimum Gasteiger partial charge on any atom is -0.494 e. The molecule has 0 aliphatic heterocycles. The van der Waals surface area contributed by atoms with Crippen LogP contribution in [0.2, 0.25) is 0 Å². The number of rotatable bonds is 3. The summed E-state index contributed by atoms with van der Waals surface area (Å²) in [5.41, 5.74) is 1.04. The van der Waals surface area contributed by atoms with Crippen molar-refractivity contribution in [2.24, 2.45) is 0 Å². The van der Waals surface area contributed by atoms with Crippen molar-refractivity contribution in [1.82, 2.24) is 9.78 Å². The van der Waals surface area contributed by atoms with Crippen LogP contribution >= 0.6 is 22.6 Å². The predicted octanol–water partition coefficient (Wildman–Crippen LogP) is 2.88. The van der Waals surface area contributed by atoms with Gasteiger partial charge in [0, 0.05) is 6.20 Å². The molecule has 1 aromatic heterocycles. The summed E-state index contributed by atoms with van der Waals surface area (Å²) in [6.07, 6.45) is 3.81. The molecule has 0 bridgehead atoms. The highest BCUT2D eigenvalue weighted by Gasteiger charge is 1.99. The quantitative estimate of drug-likeness (QED) is 0.815. The van der Waals surface area contributed by atoms with Crippen molar-refractivity contribution in [3.05, 3.63) is 40.2 Å². The van der Waals surface area contributed by atoms with E-state index in [9.17, 15) is 0 Å². The van der Waals surface area contributed by atoms with Crippen LogP contribution in [0.1, 0.15) is 6.92 Å². The molecule has 0 aliphatic rings. The molecule has 0 saturated carbocycles. The number of halogens is 1. The zero-order chi connectivity index (χ0) is 10.7. The highest BCUT2D eigenvalue weighted by Crippen LogP contribution is 2.15. The van der Waals surface area contributed by atoms with Gasteiger partial charge >= 0.3 is 0 Å². The third kappa shape index (κ3) is 2.50. The van der Waals surface area contributed by atoms with Gasteiger partial charge in [0.15, 0.2) is 0 Å². The van der Waals surface area contributed by atoms with Gasteiger partial charge in [0.1, 0.15) is 5.75 Å². The number of hydrogen-bond donors (Lipinski definition) is 0. The van der Waals surface area contributed by atoms with Gasteiger partial charge in [-0.1, -0.05) is 0 Å². The SMILES string of the molecule is CCOc1ccc(-n2cc(I)cn2)cc1. The maximum absolute atomic E-state index is 5.37. The molecule has 0 radical (unpaired) electrons. The molecule has 78 valence electrons. The van der Waals surface area contributed by atoms with E-state index in [4.69, 9.17) is 4.74 Å². The van der Waals surface area contributed by atoms with Gasteiger partial charge in [-0.3, -0.25) is 0 Å². The molecule has 0 N–H and O–H groups in total. The molecule has 0 aliphatic carbocycles. The molecule has 0 saturated heterocycles. The van der Waals surface area contributed by atoms with Gasteiger partial charge < -0.3 is 4.74 Å². The molecule has 1 heterocycles. The van der Waals surface area contributed by atoms with E-state index in [1.807, 2.05) is 48.3 Å². The molecule has 15 heavy (non-hydrogen) atoms. The van der Waals surface area contributed by atoms with Crippen molar-refractivity contribution in [1.29, 1.82) is 0 Å². The van der Waals surface area contributed by atoms with Crippen LogP contribution in [0.5, 0.6) is 5.75 Å². The van der Waals surface area contributed by atoms with Crippen molar-refractivity contribution >= 4 is 22.6 Å². The lowest BCUT2D eigenvalue weighted by Crippen LogP contribution is -1.95. The molecular formula is C11H11IN2O. The van der Waals surface area contributed by atoms with Crippen molar-refractivity contribution in [2.45, 2.75) is 6.92 Å². The van der Waals surface area contributed by atoms with Gasteiger partial charge in [-0.15, -0.1) is 0 Å². The zero-order valence-electron chi connectivity index (χ0n) is 8.35. The molecule has 0 spiro atoms. The van der Waals surface area contributed by atoms with E-state index in [1.54, 1.807) is 0 Å². The summed E-state index contributed by atoms with van der Waals surface area (Å²) in [4.78, 5) is 0. The molecule has 3 nitrogen and oxygen atoms in total. The lowest BCUT2D eigenvalue weighted by molar-refractivity contribution is 0.340. The minimum absolute atomic E-state index is 0.693. The van der Waals surface area contributed by atoms with Crippen LogP contribution in [0.25, 0.3) is 5.69 Å². The van der Waals surface area contributed by atoms with Crippen molar-refractivity contribution in [2.75, 3.05) is 6.61 Å². The Morgan fingerprint density at radius 3 is 2.60 bits per heavy atom. The molecule has 0 fully saturated rings. The highest BCUT2D eigenvalue weighted by atomic mass is 127. The van der Waals surface area contributed by atoms with E-state index in [0.717, 1.165) is 15.0 Å². The van der Waals surface area contributed by atoms with Gasteiger partial charge in [-0.05, 0) is 53.8 Å². The number of hydrogen-bond acceptors (Lipinski definition) is 2. The normalized spacial score (nSPS) is 10.3. The van der Waals surface area contributed by atoms with Crippen LogP contribution in [0.3, 0.4) is 0 Å². The molecule has 1 aromatic carbocycles. The van der Waals surface area contributed by atoms with Gasteiger partial charge in [0.05, 0.1) is 22.1 Å². The van der Waals surface area contributed by atoms with Crippen molar-refractivity contribution in [3.8, 4) is 11.4 Å². The summed E-state index contributed by atoms with van der Waals surface area (Å²) in [6, 6.07) is 7.89. The van der Waals surface area contributed by atoms with E-state index < -0.39 is 0 Å². The standard InChI is InChI=1S/C11H11IN2O/c1-2-15-11-5-3-10(4-6-11)14-8-9(12)7-13-14/h3-8H,2H2,1H3. The molecule has 2 aromatic rings. The topological polar surface area (TPSA) is 27.1 Å². The minimum atomic E-state index is 0.693. The molecular weight excluding hydrogens is 303 g/mol. The average molecular weight is 314 g/mol. The number of aromatic nitrogens is 2. The average Bonchev–Trinajstić information content (AvgIpc) is 2.67. The largest absolute Gasteiger partial charge is 0.494 e. The smallest absolute Gasteiger partial charge is 0.119 e. The lowest BCUT2D eigenvalue weighted by atomic mass is 10.3. The van der Waals surface area contributed by atoms with Crippen LogP contribution in [-0.2, 0) is 0 Å². The Balaban J connectivity index is 2.23. The fourth-order valence-corrected chi connectivity index (χ4v) is 1.69. The third-order valence-corrected chi connectivity index (χ3v) is 2.52. The lowest BCUT2D eigenvalue weighted by Gasteiger charge is -2.04. The first-order chi connectivity index (χ1) is 7.29. The summed E-state index contributed by atoms with van der Waals surface area (Å²) in [7, 11) is 0. The van der Waals surface area contributed by atoms with Gasteiger partial charge in [-0.2, -0.15) is 5.10 Å². The van der Waals surface area contributed by atoms with E-state index >= 15 is 0 Å². The Morgan fingerprint density at radius 1 is 1.33 bits per heavy atom. The predicted molar refractivity (Wildman–Crippen MR) is 67.5 cm³/mol. The second kappa shape index (κ2) is 4.65. The second-order valence-corrected chi connectivity index (χ2v) is 4.28. The first kappa shape index (κ1) is 10.5. The Morgan fingerprint density at radius 2 is 2.07 bits per heavy atom. The number of benzene rings is 1. The summed E-state index contributed by atoms with van der Waals surface area (Å²) < 4.78 is 8.34. The van der Waals surface area contributed by atoms with Crippen LogP contribution < -0.4 is 4.74 Å². The molecule has 4 heteroatoms. The van der Waals surface area contributed by atoms with Crippen LogP contribution in [0, 0.1) is 3.57 Å². The highest BCUT2D eigenvalue weighted by molar-refractivity contribution is 14.1. The maximum Gasteiger partial charge on any atom is 0.119 e. The fourth-order valence-electron chi connectivity index (χ4n) is 1.30. The number of ether oxygens (including phenoxy) is 1. The number of nitrogens with zero attached hydrogens (tertiary/aromatic N) is 2. The van der Waals surface area contributed by atoms with E-state index in [-0.39, 0.29) is 0 Å². The van der Waals surface area contributed by atoms with Crippen LogP contribution in [-0.4, -0.2) is 16.4 Å². The molecule has 0 unspecified atom stereocenters. The zero-order valence-corrected chi connectivity index (χ0v) is 10.5. The monoisotopic (exact) mass is 314 g/mol. The van der Waals surface area contributed by atoms with Crippen LogP contribution in [0.15, 0.2) is 36.7 Å². The summed E-state index contributed by atoms with van der Waals surface area (Å²) >= 11 is 2.24. The molecule has 0 amide bonds. The Kier molecular flexibility index (Phi) is 3.25. The first-order valence-corrected chi connectivity index (χ1v) is 5.81. The second-order valence-electron chi connectivity index (χ2n) is 3.03. The Hall–Kier alpha value is -1.04. The van der Waals surface area contributed by atoms with E-state index in [1.165, 1.54) is 0 Å². The first-order valence-electron chi connectivity index (χ1n) is 4.73. The summed E-state index contributed by atoms with van der Waals surface area (Å²) in [6.45, 7) is 2.67. The van der Waals surface area contributed by atoms with Gasteiger partial charge in [-0.25, -0.2) is 4.68 Å². The van der Waals surface area contributed by atoms with Crippen molar-refractivity contribution < 1.29 is 4.74 Å².